The molecule has 1 heterocycles. The number of nitrogen functional groups attached to an aromatic ring is 1. The highest BCUT2D eigenvalue weighted by Gasteiger charge is 2.03. The number of hydrogen-bond acceptors (Lipinski definition) is 4. The topological polar surface area (TPSA) is 63.8 Å². The lowest BCUT2D eigenvalue weighted by Gasteiger charge is -2.07. The quantitative estimate of drug-likeness (QED) is 0.841. The molecule has 0 fully saturated rings. The van der Waals surface area contributed by atoms with Gasteiger partial charge in [-0.05, 0) is 17.7 Å². The smallest absolute Gasteiger partial charge is 0.174 e. The van der Waals surface area contributed by atoms with Gasteiger partial charge >= 0.3 is 0 Å². The van der Waals surface area contributed by atoms with E-state index in [4.69, 9.17) is 28.9 Å². The van der Waals surface area contributed by atoms with Crippen LogP contribution in [0.5, 0.6) is 0 Å². The summed E-state index contributed by atoms with van der Waals surface area (Å²) in [4.78, 5) is 0. The second-order valence-electron chi connectivity index (χ2n) is 3.47. The number of aromatic nitrogens is 2. The van der Waals surface area contributed by atoms with Crippen LogP contribution in [0.4, 0.5) is 11.4 Å². The fourth-order valence-corrected chi connectivity index (χ4v) is 1.62. The third-order valence-electron chi connectivity index (χ3n) is 2.18. The Morgan fingerprint density at radius 3 is 2.53 bits per heavy atom. The zero-order valence-corrected chi connectivity index (χ0v) is 10.3. The first kappa shape index (κ1) is 12.0. The number of nitrogens with two attached hydrogens (primary N) is 1. The van der Waals surface area contributed by atoms with Crippen molar-refractivity contribution in [3.63, 3.8) is 0 Å². The summed E-state index contributed by atoms with van der Waals surface area (Å²) in [6, 6.07) is 9.19. The standard InChI is InChI=1S/C11H10Cl2N4/c12-10-5-9(11(13)17-16-10)15-6-7-1-3-8(14)4-2-7/h1-5H,6,14H2,(H,15,16). The van der Waals surface area contributed by atoms with Gasteiger partial charge in [-0.3, -0.25) is 0 Å². The van der Waals surface area contributed by atoms with E-state index in [1.165, 1.54) is 0 Å². The van der Waals surface area contributed by atoms with Gasteiger partial charge in [0.1, 0.15) is 0 Å². The molecule has 17 heavy (non-hydrogen) atoms. The van der Waals surface area contributed by atoms with Gasteiger partial charge in [0, 0.05) is 18.3 Å². The molecular formula is C11H10Cl2N4. The average molecular weight is 269 g/mol. The third kappa shape index (κ3) is 3.22. The molecule has 0 aliphatic carbocycles. The Labute approximate surface area is 109 Å². The van der Waals surface area contributed by atoms with E-state index in [-0.39, 0.29) is 0 Å². The van der Waals surface area contributed by atoms with Crippen molar-refractivity contribution in [1.29, 1.82) is 0 Å². The van der Waals surface area contributed by atoms with Gasteiger partial charge < -0.3 is 11.1 Å². The van der Waals surface area contributed by atoms with Crippen molar-refractivity contribution in [2.45, 2.75) is 6.54 Å². The normalized spacial score (nSPS) is 10.2. The van der Waals surface area contributed by atoms with Crippen LogP contribution in [-0.4, -0.2) is 10.2 Å². The molecule has 2 rings (SSSR count). The monoisotopic (exact) mass is 268 g/mol. The summed E-state index contributed by atoms with van der Waals surface area (Å²) in [6.07, 6.45) is 0. The van der Waals surface area contributed by atoms with Crippen LogP contribution in [0.15, 0.2) is 30.3 Å². The van der Waals surface area contributed by atoms with Crippen molar-refractivity contribution in [3.8, 4) is 0 Å². The van der Waals surface area contributed by atoms with Gasteiger partial charge in [0.2, 0.25) is 0 Å². The molecule has 0 aliphatic rings. The van der Waals surface area contributed by atoms with Crippen molar-refractivity contribution in [1.82, 2.24) is 10.2 Å². The number of nitrogens with zero attached hydrogens (tertiary/aromatic N) is 2. The number of anilines is 2. The van der Waals surface area contributed by atoms with Gasteiger partial charge in [-0.2, -0.15) is 0 Å². The zero-order chi connectivity index (χ0) is 12.3. The molecule has 3 N–H and O–H groups in total. The van der Waals surface area contributed by atoms with Gasteiger partial charge in [0.05, 0.1) is 5.69 Å². The van der Waals surface area contributed by atoms with Crippen LogP contribution in [0.25, 0.3) is 0 Å². The molecule has 0 bridgehead atoms. The Hall–Kier alpha value is -1.52. The van der Waals surface area contributed by atoms with Crippen molar-refractivity contribution < 1.29 is 0 Å². The molecule has 0 unspecified atom stereocenters. The maximum Gasteiger partial charge on any atom is 0.174 e. The minimum atomic E-state index is 0.296. The number of halogens is 2. The maximum absolute atomic E-state index is 5.87. The van der Waals surface area contributed by atoms with Gasteiger partial charge in [-0.25, -0.2) is 0 Å². The summed E-state index contributed by atoms with van der Waals surface area (Å²) < 4.78 is 0. The minimum Gasteiger partial charge on any atom is -0.399 e. The van der Waals surface area contributed by atoms with Gasteiger partial charge in [-0.15, -0.1) is 10.2 Å². The molecule has 0 saturated heterocycles. The molecule has 2 aromatic rings. The van der Waals surface area contributed by atoms with Crippen molar-refractivity contribution in [3.05, 3.63) is 46.2 Å². The van der Waals surface area contributed by atoms with E-state index in [1.54, 1.807) is 6.07 Å². The molecule has 0 aliphatic heterocycles. The molecule has 0 saturated carbocycles. The van der Waals surface area contributed by atoms with Crippen LogP contribution in [-0.2, 0) is 6.54 Å². The molecular weight excluding hydrogens is 259 g/mol. The van der Waals surface area contributed by atoms with E-state index >= 15 is 0 Å². The highest BCUT2D eigenvalue weighted by Crippen LogP contribution is 2.21. The molecule has 0 spiro atoms. The van der Waals surface area contributed by atoms with E-state index in [0.717, 1.165) is 11.3 Å². The summed E-state index contributed by atoms with van der Waals surface area (Å²) in [5.74, 6) is 0. The van der Waals surface area contributed by atoms with Crippen LogP contribution >= 0.6 is 23.2 Å². The zero-order valence-electron chi connectivity index (χ0n) is 8.82. The van der Waals surface area contributed by atoms with Crippen LogP contribution < -0.4 is 11.1 Å². The Bertz CT molecular complexity index is 513. The number of rotatable bonds is 3. The van der Waals surface area contributed by atoms with E-state index in [9.17, 15) is 0 Å². The molecule has 1 aromatic carbocycles. The Kier molecular flexibility index (Phi) is 3.66. The predicted molar refractivity (Wildman–Crippen MR) is 70.2 cm³/mol. The number of hydrogen-bond donors (Lipinski definition) is 2. The third-order valence-corrected chi connectivity index (χ3v) is 2.65. The number of nitrogens with one attached hydrogen (secondary N) is 1. The van der Waals surface area contributed by atoms with Crippen molar-refractivity contribution >= 4 is 34.6 Å². The lowest BCUT2D eigenvalue weighted by atomic mass is 10.2. The molecule has 1 aromatic heterocycles. The van der Waals surface area contributed by atoms with Gasteiger partial charge in [-0.1, -0.05) is 35.3 Å². The lowest BCUT2D eigenvalue weighted by Crippen LogP contribution is -2.01. The SMILES string of the molecule is Nc1ccc(CNc2cc(Cl)nnc2Cl)cc1. The van der Waals surface area contributed by atoms with Gasteiger partial charge in [0.25, 0.3) is 0 Å². The second-order valence-corrected chi connectivity index (χ2v) is 4.21. The first-order chi connectivity index (χ1) is 8.15. The highest BCUT2D eigenvalue weighted by molar-refractivity contribution is 6.33. The van der Waals surface area contributed by atoms with E-state index in [1.807, 2.05) is 24.3 Å². The van der Waals surface area contributed by atoms with E-state index in [2.05, 4.69) is 15.5 Å². The summed E-state index contributed by atoms with van der Waals surface area (Å²) >= 11 is 11.6. The average Bonchev–Trinajstić information content (AvgIpc) is 2.32. The Morgan fingerprint density at radius 2 is 1.82 bits per heavy atom. The molecule has 6 heteroatoms. The lowest BCUT2D eigenvalue weighted by molar-refractivity contribution is 1.02. The first-order valence-corrected chi connectivity index (χ1v) is 5.68. The van der Waals surface area contributed by atoms with Crippen LogP contribution in [0, 0.1) is 0 Å². The maximum atomic E-state index is 5.87. The minimum absolute atomic E-state index is 0.296. The molecule has 0 amide bonds. The predicted octanol–water partition coefficient (Wildman–Crippen LogP) is 2.98. The molecule has 0 atom stereocenters. The van der Waals surface area contributed by atoms with Gasteiger partial charge in [0.15, 0.2) is 10.3 Å². The van der Waals surface area contributed by atoms with Crippen molar-refractivity contribution in [2.24, 2.45) is 0 Å². The fraction of sp³-hybridized carbons (Fsp3) is 0.0909. The van der Waals surface area contributed by atoms with E-state index < -0.39 is 0 Å². The number of benzene rings is 1. The van der Waals surface area contributed by atoms with Crippen LogP contribution in [0.1, 0.15) is 5.56 Å². The Morgan fingerprint density at radius 1 is 1.12 bits per heavy atom. The molecule has 88 valence electrons. The fourth-order valence-electron chi connectivity index (χ4n) is 1.31. The second kappa shape index (κ2) is 5.21. The summed E-state index contributed by atoms with van der Waals surface area (Å²) in [6.45, 7) is 0.613. The van der Waals surface area contributed by atoms with E-state index in [0.29, 0.717) is 22.5 Å². The summed E-state index contributed by atoms with van der Waals surface area (Å²) in [7, 11) is 0. The largest absolute Gasteiger partial charge is 0.399 e. The first-order valence-electron chi connectivity index (χ1n) is 4.92. The highest BCUT2D eigenvalue weighted by atomic mass is 35.5. The van der Waals surface area contributed by atoms with Crippen LogP contribution in [0.2, 0.25) is 10.3 Å². The summed E-state index contributed by atoms with van der Waals surface area (Å²) in [5.41, 5.74) is 8.08. The molecule has 0 radical (unpaired) electrons. The van der Waals surface area contributed by atoms with Crippen LogP contribution in [0.3, 0.4) is 0 Å². The van der Waals surface area contributed by atoms with Crippen molar-refractivity contribution in [2.75, 3.05) is 11.1 Å². The summed E-state index contributed by atoms with van der Waals surface area (Å²) in [5, 5.41) is 11.1. The molecule has 4 nitrogen and oxygen atoms in total. The Balaban J connectivity index is 2.07.